The van der Waals surface area contributed by atoms with Crippen LogP contribution >= 0.6 is 11.3 Å². The van der Waals surface area contributed by atoms with E-state index in [-0.39, 0.29) is 23.2 Å². The summed E-state index contributed by atoms with van der Waals surface area (Å²) in [5.41, 5.74) is 1.74. The van der Waals surface area contributed by atoms with Crippen LogP contribution in [0.5, 0.6) is 0 Å². The van der Waals surface area contributed by atoms with E-state index in [0.29, 0.717) is 18.4 Å². The van der Waals surface area contributed by atoms with Gasteiger partial charge in [-0.25, -0.2) is 4.39 Å². The lowest BCUT2D eigenvalue weighted by Crippen LogP contribution is -2.50. The SMILES string of the molecule is CC(C)(C)C(=O)N1C[C@H](c2ccsc2)[C@H]2CN(Cc3ccccc3F)CC[C@H]21. The van der Waals surface area contributed by atoms with Gasteiger partial charge in [0.2, 0.25) is 5.91 Å². The molecular formula is C23H29FN2OS. The Kier molecular flexibility index (Phi) is 5.32. The molecule has 2 aliphatic rings. The average Bonchev–Trinajstić information content (AvgIpc) is 3.29. The third-order valence-electron chi connectivity index (χ3n) is 6.24. The molecule has 2 aliphatic heterocycles. The van der Waals surface area contributed by atoms with Crippen molar-refractivity contribution in [3.63, 3.8) is 0 Å². The standard InChI is InChI=1S/C23H29FN2OS/c1-23(2,3)22(27)26-14-18(17-9-11-28-15-17)19-13-25(10-8-21(19)26)12-16-6-4-5-7-20(16)24/h4-7,9,11,15,18-19,21H,8,10,12-14H2,1-3H3/t18-,19-,21-/m1/s1. The molecule has 150 valence electrons. The lowest BCUT2D eigenvalue weighted by molar-refractivity contribution is -0.141. The van der Waals surface area contributed by atoms with E-state index < -0.39 is 0 Å². The lowest BCUT2D eigenvalue weighted by Gasteiger charge is -2.40. The van der Waals surface area contributed by atoms with Gasteiger partial charge in [0.25, 0.3) is 0 Å². The molecule has 0 radical (unpaired) electrons. The molecule has 2 saturated heterocycles. The summed E-state index contributed by atoms with van der Waals surface area (Å²) in [4.78, 5) is 17.6. The summed E-state index contributed by atoms with van der Waals surface area (Å²) in [6.45, 7) is 9.28. The number of amides is 1. The van der Waals surface area contributed by atoms with Crippen molar-refractivity contribution in [1.82, 2.24) is 9.80 Å². The minimum absolute atomic E-state index is 0.130. The number of benzene rings is 1. The topological polar surface area (TPSA) is 23.6 Å². The molecule has 0 bridgehead atoms. The largest absolute Gasteiger partial charge is 0.338 e. The Labute approximate surface area is 171 Å². The maximum atomic E-state index is 14.1. The quantitative estimate of drug-likeness (QED) is 0.742. The lowest BCUT2D eigenvalue weighted by atomic mass is 9.82. The van der Waals surface area contributed by atoms with Crippen molar-refractivity contribution in [2.75, 3.05) is 19.6 Å². The van der Waals surface area contributed by atoms with Gasteiger partial charge in [-0.1, -0.05) is 39.0 Å². The van der Waals surface area contributed by atoms with Crippen LogP contribution in [0.15, 0.2) is 41.1 Å². The molecule has 3 nitrogen and oxygen atoms in total. The van der Waals surface area contributed by atoms with Crippen LogP contribution < -0.4 is 0 Å². The second kappa shape index (κ2) is 7.60. The Balaban J connectivity index is 1.56. The number of likely N-dealkylation sites (tertiary alicyclic amines) is 2. The molecule has 1 aromatic heterocycles. The summed E-state index contributed by atoms with van der Waals surface area (Å²) in [6, 6.07) is 9.54. The number of rotatable bonds is 3. The van der Waals surface area contributed by atoms with Gasteiger partial charge in [-0.15, -0.1) is 0 Å². The Morgan fingerprint density at radius 1 is 1.21 bits per heavy atom. The van der Waals surface area contributed by atoms with Crippen LogP contribution in [0.4, 0.5) is 4.39 Å². The third-order valence-corrected chi connectivity index (χ3v) is 6.94. The Bertz CT molecular complexity index is 829. The minimum Gasteiger partial charge on any atom is -0.338 e. The van der Waals surface area contributed by atoms with Crippen LogP contribution in [0.1, 0.15) is 44.2 Å². The maximum Gasteiger partial charge on any atom is 0.228 e. The monoisotopic (exact) mass is 400 g/mol. The number of piperidine rings is 1. The second-order valence-electron chi connectivity index (χ2n) is 9.22. The van der Waals surface area contributed by atoms with Crippen LogP contribution in [-0.4, -0.2) is 41.4 Å². The van der Waals surface area contributed by atoms with Crippen molar-refractivity contribution >= 4 is 17.2 Å². The summed E-state index contributed by atoms with van der Waals surface area (Å²) in [5.74, 6) is 0.894. The first-order valence-electron chi connectivity index (χ1n) is 10.1. The van der Waals surface area contributed by atoms with Crippen molar-refractivity contribution < 1.29 is 9.18 Å². The number of halogens is 1. The summed E-state index contributed by atoms with van der Waals surface area (Å²) in [6.07, 6.45) is 0.960. The van der Waals surface area contributed by atoms with Crippen molar-refractivity contribution in [2.45, 2.75) is 45.7 Å². The van der Waals surface area contributed by atoms with Crippen molar-refractivity contribution in [3.05, 3.63) is 58.0 Å². The molecule has 28 heavy (non-hydrogen) atoms. The predicted octanol–water partition coefficient (Wildman–Crippen LogP) is 4.75. The fourth-order valence-electron chi connectivity index (χ4n) is 4.82. The van der Waals surface area contributed by atoms with Gasteiger partial charge in [0.15, 0.2) is 0 Å². The van der Waals surface area contributed by atoms with E-state index in [1.54, 1.807) is 17.4 Å². The van der Waals surface area contributed by atoms with Crippen LogP contribution in [0.2, 0.25) is 0 Å². The first-order valence-corrected chi connectivity index (χ1v) is 11.1. The molecule has 1 aromatic carbocycles. The maximum absolute atomic E-state index is 14.1. The number of fused-ring (bicyclic) bond motifs is 1. The van der Waals surface area contributed by atoms with Crippen molar-refractivity contribution in [2.24, 2.45) is 11.3 Å². The number of carbonyl (C=O) groups is 1. The molecule has 1 amide bonds. The van der Waals surface area contributed by atoms with Crippen LogP contribution in [0.25, 0.3) is 0 Å². The zero-order valence-corrected chi connectivity index (χ0v) is 17.7. The normalized spacial score (nSPS) is 25.7. The highest BCUT2D eigenvalue weighted by atomic mass is 32.1. The van der Waals surface area contributed by atoms with Crippen LogP contribution in [0.3, 0.4) is 0 Å². The third kappa shape index (κ3) is 3.74. The molecule has 0 spiro atoms. The molecule has 5 heteroatoms. The second-order valence-corrected chi connectivity index (χ2v) is 10.00. The summed E-state index contributed by atoms with van der Waals surface area (Å²) in [7, 11) is 0. The van der Waals surface area contributed by atoms with E-state index in [0.717, 1.165) is 31.6 Å². The molecule has 4 rings (SSSR count). The fraction of sp³-hybridized carbons (Fsp3) is 0.522. The average molecular weight is 401 g/mol. The number of thiophene rings is 1. The number of hydrogen-bond acceptors (Lipinski definition) is 3. The van der Waals surface area contributed by atoms with E-state index in [9.17, 15) is 9.18 Å². The fourth-order valence-corrected chi connectivity index (χ4v) is 5.54. The van der Waals surface area contributed by atoms with Gasteiger partial charge in [-0.2, -0.15) is 11.3 Å². The van der Waals surface area contributed by atoms with E-state index in [4.69, 9.17) is 0 Å². The van der Waals surface area contributed by atoms with Gasteiger partial charge in [-0.3, -0.25) is 9.69 Å². The predicted molar refractivity (Wildman–Crippen MR) is 112 cm³/mol. The smallest absolute Gasteiger partial charge is 0.228 e. The minimum atomic E-state index is -0.363. The van der Waals surface area contributed by atoms with Gasteiger partial charge in [0, 0.05) is 55.0 Å². The molecule has 0 unspecified atom stereocenters. The Hall–Kier alpha value is -1.72. The van der Waals surface area contributed by atoms with Gasteiger partial charge >= 0.3 is 0 Å². The van der Waals surface area contributed by atoms with Crippen molar-refractivity contribution in [1.29, 1.82) is 0 Å². The summed E-state index contributed by atoms with van der Waals surface area (Å²) < 4.78 is 14.1. The summed E-state index contributed by atoms with van der Waals surface area (Å²) >= 11 is 1.72. The Morgan fingerprint density at radius 3 is 2.68 bits per heavy atom. The number of hydrogen-bond donors (Lipinski definition) is 0. The van der Waals surface area contributed by atoms with E-state index in [1.165, 1.54) is 11.6 Å². The molecule has 3 atom stereocenters. The highest BCUT2D eigenvalue weighted by Crippen LogP contribution is 2.43. The van der Waals surface area contributed by atoms with Gasteiger partial charge in [0.1, 0.15) is 5.82 Å². The molecule has 0 N–H and O–H groups in total. The Morgan fingerprint density at radius 2 is 2.00 bits per heavy atom. The zero-order chi connectivity index (χ0) is 19.9. The van der Waals surface area contributed by atoms with Gasteiger partial charge in [-0.05, 0) is 34.9 Å². The molecular weight excluding hydrogens is 371 g/mol. The first kappa shape index (κ1) is 19.6. The van der Waals surface area contributed by atoms with E-state index in [1.807, 2.05) is 32.9 Å². The van der Waals surface area contributed by atoms with Crippen LogP contribution in [0, 0.1) is 17.2 Å². The highest BCUT2D eigenvalue weighted by Gasteiger charge is 2.48. The highest BCUT2D eigenvalue weighted by molar-refractivity contribution is 7.08. The van der Waals surface area contributed by atoms with Crippen LogP contribution in [-0.2, 0) is 11.3 Å². The number of carbonyl (C=O) groups excluding carboxylic acids is 1. The van der Waals surface area contributed by atoms with Crippen molar-refractivity contribution in [3.8, 4) is 0 Å². The first-order chi connectivity index (χ1) is 13.3. The molecule has 3 heterocycles. The molecule has 0 aliphatic carbocycles. The zero-order valence-electron chi connectivity index (χ0n) is 16.9. The molecule has 2 fully saturated rings. The molecule has 2 aromatic rings. The van der Waals surface area contributed by atoms with E-state index in [2.05, 4.69) is 26.6 Å². The molecule has 0 saturated carbocycles. The van der Waals surface area contributed by atoms with Gasteiger partial charge in [0.05, 0.1) is 0 Å². The van der Waals surface area contributed by atoms with Gasteiger partial charge < -0.3 is 4.90 Å². The summed E-state index contributed by atoms with van der Waals surface area (Å²) in [5, 5.41) is 4.35. The number of nitrogens with zero attached hydrogens (tertiary/aromatic N) is 2. The van der Waals surface area contributed by atoms with E-state index >= 15 is 0 Å².